The monoisotopic (exact) mass is 284 g/mol. The number of esters is 1. The third kappa shape index (κ3) is 4.53. The van der Waals surface area contributed by atoms with E-state index in [4.69, 9.17) is 0 Å². The van der Waals surface area contributed by atoms with Crippen molar-refractivity contribution in [3.05, 3.63) is 34.4 Å². The molecule has 1 atom stereocenters. The number of thioether (sulfide) groups is 1. The molecule has 0 heterocycles. The summed E-state index contributed by atoms with van der Waals surface area (Å²) < 4.78 is 4.65. The molecule has 1 aromatic carbocycles. The smallest absolute Gasteiger partial charge is 0.322 e. The minimum atomic E-state index is -0.405. The second-order valence-electron chi connectivity index (χ2n) is 3.73. The molecule has 0 aromatic heterocycles. The van der Waals surface area contributed by atoms with Gasteiger partial charge in [-0.25, -0.2) is 0 Å². The number of carbonyl (C=O) groups excluding carboxylic acids is 1. The van der Waals surface area contributed by atoms with E-state index >= 15 is 0 Å². The molecule has 1 unspecified atom stereocenters. The molecule has 0 saturated carbocycles. The second kappa shape index (κ2) is 7.75. The first-order valence-electron chi connectivity index (χ1n) is 5.71. The molecule has 7 heteroatoms. The highest BCUT2D eigenvalue weighted by molar-refractivity contribution is 7.99. The summed E-state index contributed by atoms with van der Waals surface area (Å²) >= 11 is 1.36. The Morgan fingerprint density at radius 3 is 2.79 bits per heavy atom. The molecule has 104 valence electrons. The van der Waals surface area contributed by atoms with Crippen LogP contribution in [0.25, 0.3) is 0 Å². The van der Waals surface area contributed by atoms with Gasteiger partial charge in [0.2, 0.25) is 0 Å². The molecule has 0 amide bonds. The van der Waals surface area contributed by atoms with Crippen LogP contribution in [-0.2, 0) is 9.53 Å². The van der Waals surface area contributed by atoms with Crippen LogP contribution in [0, 0.1) is 10.1 Å². The minimum absolute atomic E-state index is 0.0894. The Morgan fingerprint density at radius 1 is 1.53 bits per heavy atom. The number of nitrogens with zero attached hydrogens (tertiary/aromatic N) is 1. The highest BCUT2D eigenvalue weighted by Gasteiger charge is 2.18. The van der Waals surface area contributed by atoms with Gasteiger partial charge in [-0.3, -0.25) is 14.9 Å². The van der Waals surface area contributed by atoms with Gasteiger partial charge in [-0.1, -0.05) is 12.1 Å². The molecule has 0 aliphatic heterocycles. The van der Waals surface area contributed by atoms with Gasteiger partial charge in [0.15, 0.2) is 0 Å². The summed E-state index contributed by atoms with van der Waals surface area (Å²) in [5.41, 5.74) is 0.0894. The number of benzene rings is 1. The first-order valence-corrected chi connectivity index (χ1v) is 6.70. The van der Waals surface area contributed by atoms with E-state index in [1.807, 2.05) is 0 Å². The van der Waals surface area contributed by atoms with Crippen molar-refractivity contribution < 1.29 is 14.5 Å². The van der Waals surface area contributed by atoms with Gasteiger partial charge < -0.3 is 10.1 Å². The summed E-state index contributed by atoms with van der Waals surface area (Å²) in [4.78, 5) is 22.4. The maximum absolute atomic E-state index is 11.4. The number of hydrogen-bond donors (Lipinski definition) is 1. The second-order valence-corrected chi connectivity index (χ2v) is 4.86. The van der Waals surface area contributed by atoms with E-state index in [0.29, 0.717) is 17.1 Å². The number of likely N-dealkylation sites (N-methyl/N-ethyl adjacent to an activating group) is 1. The third-order valence-corrected chi connectivity index (χ3v) is 3.66. The molecule has 0 aliphatic rings. The van der Waals surface area contributed by atoms with E-state index in [2.05, 4.69) is 10.1 Å². The zero-order valence-electron chi connectivity index (χ0n) is 10.8. The van der Waals surface area contributed by atoms with Crippen LogP contribution in [-0.4, -0.2) is 36.8 Å². The zero-order chi connectivity index (χ0) is 14.3. The van der Waals surface area contributed by atoms with E-state index in [1.165, 1.54) is 24.9 Å². The molecule has 0 saturated heterocycles. The number of rotatable bonds is 7. The Hall–Kier alpha value is -1.60. The van der Waals surface area contributed by atoms with Gasteiger partial charge in [0, 0.05) is 11.8 Å². The van der Waals surface area contributed by atoms with Crippen molar-refractivity contribution in [2.75, 3.05) is 19.9 Å². The van der Waals surface area contributed by atoms with E-state index < -0.39 is 4.92 Å². The summed E-state index contributed by atoms with van der Waals surface area (Å²) in [6.45, 7) is 0. The van der Waals surface area contributed by atoms with Crippen LogP contribution in [0.15, 0.2) is 29.2 Å². The molecule has 6 nitrogen and oxygen atoms in total. The van der Waals surface area contributed by atoms with Gasteiger partial charge in [0.05, 0.1) is 16.9 Å². The number of methoxy groups -OCH3 is 1. The molecule has 0 aliphatic carbocycles. The standard InChI is InChI=1S/C12H16N2O4S/c1-13-9(12(15)18-2)7-8-19-11-6-4-3-5-10(11)14(16)17/h3-6,9,13H,7-8H2,1-2H3. The lowest BCUT2D eigenvalue weighted by atomic mass is 10.2. The fourth-order valence-electron chi connectivity index (χ4n) is 1.54. The van der Waals surface area contributed by atoms with Gasteiger partial charge in [-0.15, -0.1) is 11.8 Å². The fraction of sp³-hybridized carbons (Fsp3) is 0.417. The SMILES string of the molecule is CNC(CCSc1ccccc1[N+](=O)[O-])C(=O)OC. The molecule has 0 spiro atoms. The fourth-order valence-corrected chi connectivity index (χ4v) is 2.58. The molecule has 19 heavy (non-hydrogen) atoms. The Labute approximate surface area is 115 Å². The highest BCUT2D eigenvalue weighted by atomic mass is 32.2. The van der Waals surface area contributed by atoms with Crippen LogP contribution in [0.3, 0.4) is 0 Å². The topological polar surface area (TPSA) is 81.5 Å². The summed E-state index contributed by atoms with van der Waals surface area (Å²) in [6.07, 6.45) is 0.542. The summed E-state index contributed by atoms with van der Waals surface area (Å²) in [5.74, 6) is 0.261. The molecule has 0 bridgehead atoms. The molecule has 1 aromatic rings. The molecule has 0 fully saturated rings. The molecule has 1 rings (SSSR count). The lowest BCUT2D eigenvalue weighted by Gasteiger charge is -2.12. The molecule has 0 radical (unpaired) electrons. The number of carbonyl (C=O) groups is 1. The number of para-hydroxylation sites is 1. The van der Waals surface area contributed by atoms with Gasteiger partial charge in [-0.05, 0) is 19.5 Å². The van der Waals surface area contributed by atoms with E-state index in [9.17, 15) is 14.9 Å². The van der Waals surface area contributed by atoms with Gasteiger partial charge in [-0.2, -0.15) is 0 Å². The summed E-state index contributed by atoms with van der Waals surface area (Å²) in [5, 5.41) is 13.7. The van der Waals surface area contributed by atoms with Crippen molar-refractivity contribution in [2.24, 2.45) is 0 Å². The number of nitro benzene ring substituents is 1. The van der Waals surface area contributed by atoms with Crippen LogP contribution < -0.4 is 5.32 Å². The van der Waals surface area contributed by atoms with Crippen molar-refractivity contribution in [1.82, 2.24) is 5.32 Å². The largest absolute Gasteiger partial charge is 0.468 e. The predicted molar refractivity (Wildman–Crippen MR) is 73.3 cm³/mol. The normalized spacial score (nSPS) is 11.9. The van der Waals surface area contributed by atoms with Crippen LogP contribution in [0.1, 0.15) is 6.42 Å². The van der Waals surface area contributed by atoms with Crippen molar-refractivity contribution in [3.8, 4) is 0 Å². The van der Waals surface area contributed by atoms with Crippen molar-refractivity contribution in [3.63, 3.8) is 0 Å². The lowest BCUT2D eigenvalue weighted by Crippen LogP contribution is -2.35. The quantitative estimate of drug-likeness (QED) is 0.356. The van der Waals surface area contributed by atoms with Gasteiger partial charge in [0.1, 0.15) is 6.04 Å². The minimum Gasteiger partial charge on any atom is -0.468 e. The van der Waals surface area contributed by atoms with Gasteiger partial charge in [0.25, 0.3) is 5.69 Å². The van der Waals surface area contributed by atoms with Crippen LogP contribution >= 0.6 is 11.8 Å². The number of hydrogen-bond acceptors (Lipinski definition) is 6. The Kier molecular flexibility index (Phi) is 6.31. The number of nitrogens with one attached hydrogen (secondary N) is 1. The Balaban J connectivity index is 2.58. The summed E-state index contributed by atoms with van der Waals surface area (Å²) in [6, 6.07) is 6.17. The summed E-state index contributed by atoms with van der Waals surface area (Å²) in [7, 11) is 3.01. The number of ether oxygens (including phenoxy) is 1. The maximum atomic E-state index is 11.4. The first kappa shape index (κ1) is 15.5. The van der Waals surface area contributed by atoms with Crippen LogP contribution in [0.5, 0.6) is 0 Å². The van der Waals surface area contributed by atoms with Crippen molar-refractivity contribution >= 4 is 23.4 Å². The van der Waals surface area contributed by atoms with Crippen LogP contribution in [0.2, 0.25) is 0 Å². The molecule has 1 N–H and O–H groups in total. The third-order valence-electron chi connectivity index (χ3n) is 2.56. The van der Waals surface area contributed by atoms with Crippen LogP contribution in [0.4, 0.5) is 5.69 Å². The predicted octanol–water partition coefficient (Wildman–Crippen LogP) is 1.84. The lowest BCUT2D eigenvalue weighted by molar-refractivity contribution is -0.387. The van der Waals surface area contributed by atoms with Crippen molar-refractivity contribution in [2.45, 2.75) is 17.4 Å². The average Bonchev–Trinajstić information content (AvgIpc) is 2.43. The van der Waals surface area contributed by atoms with E-state index in [1.54, 1.807) is 25.2 Å². The average molecular weight is 284 g/mol. The van der Waals surface area contributed by atoms with E-state index in [0.717, 1.165) is 0 Å². The Bertz CT molecular complexity index is 453. The Morgan fingerprint density at radius 2 is 2.21 bits per heavy atom. The highest BCUT2D eigenvalue weighted by Crippen LogP contribution is 2.29. The molecular weight excluding hydrogens is 268 g/mol. The molecular formula is C12H16N2O4S. The zero-order valence-corrected chi connectivity index (χ0v) is 11.6. The van der Waals surface area contributed by atoms with Gasteiger partial charge >= 0.3 is 5.97 Å². The first-order chi connectivity index (χ1) is 9.10. The van der Waals surface area contributed by atoms with E-state index in [-0.39, 0.29) is 17.7 Å². The number of nitro groups is 1. The van der Waals surface area contributed by atoms with Crippen molar-refractivity contribution in [1.29, 1.82) is 0 Å². The maximum Gasteiger partial charge on any atom is 0.322 e.